The summed E-state index contributed by atoms with van der Waals surface area (Å²) in [5, 5.41) is 3.49. The predicted molar refractivity (Wildman–Crippen MR) is 91.5 cm³/mol. The highest BCUT2D eigenvalue weighted by molar-refractivity contribution is 5.64. The molecule has 1 aromatic carbocycles. The van der Waals surface area contributed by atoms with Gasteiger partial charge in [0.2, 0.25) is 0 Å². The molecule has 0 saturated carbocycles. The van der Waals surface area contributed by atoms with Crippen molar-refractivity contribution in [1.82, 2.24) is 5.32 Å². The Morgan fingerprint density at radius 3 is 2.10 bits per heavy atom. The van der Waals surface area contributed by atoms with E-state index >= 15 is 0 Å². The van der Waals surface area contributed by atoms with E-state index in [2.05, 4.69) is 89.9 Å². The molecule has 0 radical (unpaired) electrons. The Bertz CT molecular complexity index is 469. The fourth-order valence-electron chi connectivity index (χ4n) is 1.71. The van der Waals surface area contributed by atoms with Crippen LogP contribution < -0.4 is 5.32 Å². The minimum absolute atomic E-state index is 0.0852. The first-order chi connectivity index (χ1) is 9.13. The molecule has 0 fully saturated rings. The normalized spacial score (nSPS) is 12.7. The fourth-order valence-corrected chi connectivity index (χ4v) is 1.71. The maximum absolute atomic E-state index is 4.14. The standard InChI is InChI=1S/C19H29N/c1-8-19(6,7)20-15(2)17-11-9-16(10-12-17)13-14-18(3,4)5/h9-14,20H,2,8H2,1,3-7H3/b14-13+. The largest absolute Gasteiger partial charge is 0.380 e. The lowest BCUT2D eigenvalue weighted by atomic mass is 9.95. The summed E-state index contributed by atoms with van der Waals surface area (Å²) < 4.78 is 0. The zero-order chi connectivity index (χ0) is 15.4. The average molecular weight is 271 g/mol. The molecule has 0 unspecified atom stereocenters. The lowest BCUT2D eigenvalue weighted by Gasteiger charge is -2.27. The number of allylic oxidation sites excluding steroid dienone is 1. The molecule has 0 bridgehead atoms. The quantitative estimate of drug-likeness (QED) is 0.746. The van der Waals surface area contributed by atoms with Gasteiger partial charge in [-0.1, -0.05) is 70.7 Å². The number of rotatable bonds is 5. The maximum atomic E-state index is 4.14. The van der Waals surface area contributed by atoms with Gasteiger partial charge in [-0.3, -0.25) is 0 Å². The van der Waals surface area contributed by atoms with Crippen molar-refractivity contribution in [2.24, 2.45) is 5.41 Å². The molecule has 0 heterocycles. The van der Waals surface area contributed by atoms with E-state index in [1.165, 1.54) is 5.56 Å². The molecular weight excluding hydrogens is 242 g/mol. The smallest absolute Gasteiger partial charge is 0.0344 e. The number of benzene rings is 1. The van der Waals surface area contributed by atoms with E-state index in [-0.39, 0.29) is 11.0 Å². The first-order valence-electron chi connectivity index (χ1n) is 7.40. The van der Waals surface area contributed by atoms with Crippen molar-refractivity contribution >= 4 is 11.8 Å². The summed E-state index contributed by atoms with van der Waals surface area (Å²) in [6.45, 7) is 17.3. The van der Waals surface area contributed by atoms with Gasteiger partial charge in [-0.2, -0.15) is 0 Å². The highest BCUT2D eigenvalue weighted by Gasteiger charge is 2.15. The minimum atomic E-state index is 0.0852. The number of hydrogen-bond donors (Lipinski definition) is 1. The molecular formula is C19H29N. The van der Waals surface area contributed by atoms with E-state index in [1.807, 2.05) is 0 Å². The van der Waals surface area contributed by atoms with Crippen LogP contribution in [0, 0.1) is 5.41 Å². The molecule has 0 amide bonds. The van der Waals surface area contributed by atoms with Crippen molar-refractivity contribution in [2.45, 2.75) is 53.5 Å². The van der Waals surface area contributed by atoms with E-state index in [0.717, 1.165) is 17.7 Å². The Morgan fingerprint density at radius 1 is 1.10 bits per heavy atom. The van der Waals surface area contributed by atoms with E-state index in [9.17, 15) is 0 Å². The average Bonchev–Trinajstić information content (AvgIpc) is 2.35. The van der Waals surface area contributed by atoms with Crippen LogP contribution in [0.5, 0.6) is 0 Å². The van der Waals surface area contributed by atoms with E-state index in [1.54, 1.807) is 0 Å². The van der Waals surface area contributed by atoms with Gasteiger partial charge in [0.1, 0.15) is 0 Å². The summed E-state index contributed by atoms with van der Waals surface area (Å²) in [6, 6.07) is 8.54. The fraction of sp³-hybridized carbons (Fsp3) is 0.474. The summed E-state index contributed by atoms with van der Waals surface area (Å²) >= 11 is 0. The zero-order valence-corrected chi connectivity index (χ0v) is 13.9. The highest BCUT2D eigenvalue weighted by Crippen LogP contribution is 2.20. The van der Waals surface area contributed by atoms with Crippen molar-refractivity contribution in [3.05, 3.63) is 48.0 Å². The molecule has 1 aromatic rings. The third-order valence-corrected chi connectivity index (χ3v) is 3.41. The third kappa shape index (κ3) is 5.64. The van der Waals surface area contributed by atoms with Gasteiger partial charge in [0.05, 0.1) is 0 Å². The van der Waals surface area contributed by atoms with Crippen LogP contribution in [0.2, 0.25) is 0 Å². The maximum Gasteiger partial charge on any atom is 0.0344 e. The Hall–Kier alpha value is -1.50. The van der Waals surface area contributed by atoms with Crippen LogP contribution in [0.4, 0.5) is 0 Å². The third-order valence-electron chi connectivity index (χ3n) is 3.41. The Kier molecular flexibility index (Phi) is 5.21. The molecule has 110 valence electrons. The van der Waals surface area contributed by atoms with Crippen LogP contribution in [-0.4, -0.2) is 5.54 Å². The second-order valence-electron chi connectivity index (χ2n) is 7.16. The molecule has 0 saturated heterocycles. The molecule has 0 spiro atoms. The van der Waals surface area contributed by atoms with Crippen LogP contribution in [-0.2, 0) is 0 Å². The lowest BCUT2D eigenvalue weighted by molar-refractivity contribution is 0.437. The monoisotopic (exact) mass is 271 g/mol. The summed E-state index contributed by atoms with van der Waals surface area (Å²) in [5.41, 5.74) is 3.67. The molecule has 1 N–H and O–H groups in total. The highest BCUT2D eigenvalue weighted by atomic mass is 15.0. The second-order valence-corrected chi connectivity index (χ2v) is 7.16. The number of hydrogen-bond acceptors (Lipinski definition) is 1. The molecule has 1 nitrogen and oxygen atoms in total. The Labute approximate surface area is 124 Å². The van der Waals surface area contributed by atoms with Crippen LogP contribution in [0.3, 0.4) is 0 Å². The van der Waals surface area contributed by atoms with Gasteiger partial charge in [0, 0.05) is 11.2 Å². The molecule has 0 aromatic heterocycles. The van der Waals surface area contributed by atoms with E-state index in [4.69, 9.17) is 0 Å². The summed E-state index contributed by atoms with van der Waals surface area (Å²) in [6.07, 6.45) is 5.48. The topological polar surface area (TPSA) is 12.0 Å². The van der Waals surface area contributed by atoms with Gasteiger partial charge in [0.15, 0.2) is 0 Å². The SMILES string of the molecule is C=C(NC(C)(C)CC)c1ccc(/C=C/C(C)(C)C)cc1. The lowest BCUT2D eigenvalue weighted by Crippen LogP contribution is -2.36. The molecule has 0 aliphatic carbocycles. The van der Waals surface area contributed by atoms with Crippen LogP contribution in [0.25, 0.3) is 11.8 Å². The van der Waals surface area contributed by atoms with Gasteiger partial charge in [-0.25, -0.2) is 0 Å². The predicted octanol–water partition coefficient (Wildman–Crippen LogP) is 5.49. The molecule has 0 aliphatic heterocycles. The van der Waals surface area contributed by atoms with Crippen molar-refractivity contribution in [1.29, 1.82) is 0 Å². The van der Waals surface area contributed by atoms with Crippen molar-refractivity contribution in [3.63, 3.8) is 0 Å². The second kappa shape index (κ2) is 6.30. The molecule has 0 atom stereocenters. The van der Waals surface area contributed by atoms with Crippen molar-refractivity contribution in [3.8, 4) is 0 Å². The zero-order valence-electron chi connectivity index (χ0n) is 13.9. The Balaban J connectivity index is 2.77. The van der Waals surface area contributed by atoms with Gasteiger partial charge in [-0.15, -0.1) is 0 Å². The Morgan fingerprint density at radius 2 is 1.65 bits per heavy atom. The first-order valence-corrected chi connectivity index (χ1v) is 7.40. The van der Waals surface area contributed by atoms with Gasteiger partial charge >= 0.3 is 0 Å². The van der Waals surface area contributed by atoms with Crippen molar-refractivity contribution < 1.29 is 0 Å². The van der Waals surface area contributed by atoms with Crippen molar-refractivity contribution in [2.75, 3.05) is 0 Å². The molecule has 1 rings (SSSR count). The first kappa shape index (κ1) is 16.6. The van der Waals surface area contributed by atoms with Gasteiger partial charge in [-0.05, 0) is 36.8 Å². The van der Waals surface area contributed by atoms with Gasteiger partial charge < -0.3 is 5.32 Å². The van der Waals surface area contributed by atoms with Gasteiger partial charge in [0.25, 0.3) is 0 Å². The van der Waals surface area contributed by atoms with E-state index < -0.39 is 0 Å². The summed E-state index contributed by atoms with van der Waals surface area (Å²) in [7, 11) is 0. The molecule has 20 heavy (non-hydrogen) atoms. The van der Waals surface area contributed by atoms with E-state index in [0.29, 0.717) is 0 Å². The number of nitrogens with one attached hydrogen (secondary N) is 1. The summed E-state index contributed by atoms with van der Waals surface area (Å²) in [4.78, 5) is 0. The summed E-state index contributed by atoms with van der Waals surface area (Å²) in [5.74, 6) is 0. The van der Waals surface area contributed by atoms with Crippen LogP contribution in [0.15, 0.2) is 36.9 Å². The van der Waals surface area contributed by atoms with Crippen LogP contribution in [0.1, 0.15) is 59.1 Å². The van der Waals surface area contributed by atoms with Crippen LogP contribution >= 0.6 is 0 Å². The molecule has 0 aliphatic rings. The minimum Gasteiger partial charge on any atom is -0.380 e. The molecule has 1 heteroatoms.